The van der Waals surface area contributed by atoms with Gasteiger partial charge in [-0.25, -0.2) is 0 Å². The monoisotopic (exact) mass is 216 g/mol. The van der Waals surface area contributed by atoms with Crippen molar-refractivity contribution in [2.45, 2.75) is 57.7 Å². The molecule has 1 aromatic carbocycles. The van der Waals surface area contributed by atoms with Crippen LogP contribution in [0.1, 0.15) is 56.2 Å². The van der Waals surface area contributed by atoms with Crippen LogP contribution in [0.3, 0.4) is 0 Å². The van der Waals surface area contributed by atoms with Crippen molar-refractivity contribution in [3.63, 3.8) is 0 Å². The molecule has 0 radical (unpaired) electrons. The third kappa shape index (κ3) is 1.21. The van der Waals surface area contributed by atoms with Gasteiger partial charge in [0.2, 0.25) is 0 Å². The highest BCUT2D eigenvalue weighted by atomic mass is 16.5. The van der Waals surface area contributed by atoms with Gasteiger partial charge in [-0.2, -0.15) is 0 Å². The minimum absolute atomic E-state index is 0.00616. The van der Waals surface area contributed by atoms with Gasteiger partial charge >= 0.3 is 0 Å². The predicted molar refractivity (Wildman–Crippen MR) is 65.7 cm³/mol. The molecule has 2 bridgehead atoms. The molecule has 16 heavy (non-hydrogen) atoms. The summed E-state index contributed by atoms with van der Waals surface area (Å²) in [6, 6.07) is 6.84. The summed E-state index contributed by atoms with van der Waals surface area (Å²) in [5.74, 6) is 0.573. The van der Waals surface area contributed by atoms with Crippen molar-refractivity contribution in [1.82, 2.24) is 0 Å². The van der Waals surface area contributed by atoms with E-state index in [4.69, 9.17) is 4.74 Å². The van der Waals surface area contributed by atoms with E-state index in [0.29, 0.717) is 5.92 Å². The summed E-state index contributed by atoms with van der Waals surface area (Å²) in [6.45, 7) is 8.90. The lowest BCUT2D eigenvalue weighted by Crippen LogP contribution is -2.51. The van der Waals surface area contributed by atoms with Crippen LogP contribution in [0.25, 0.3) is 0 Å². The lowest BCUT2D eigenvalue weighted by atomic mass is 9.65. The second-order valence-electron chi connectivity index (χ2n) is 6.12. The maximum atomic E-state index is 6.33. The molecule has 0 unspecified atom stereocenters. The standard InChI is InChI=1S/C15H20O/c1-10-5-6-13-11(9-10)12-7-8-15(13,4)16-14(12,2)3/h5-6,9,12H,7-8H2,1-4H3/t12-,15+/m1/s1. The van der Waals surface area contributed by atoms with Crippen LogP contribution >= 0.6 is 0 Å². The smallest absolute Gasteiger partial charge is 0.0913 e. The summed E-state index contributed by atoms with van der Waals surface area (Å²) < 4.78 is 6.33. The number of hydrogen-bond acceptors (Lipinski definition) is 1. The zero-order valence-corrected chi connectivity index (χ0v) is 10.6. The predicted octanol–water partition coefficient (Wildman–Crippen LogP) is 3.90. The van der Waals surface area contributed by atoms with Gasteiger partial charge < -0.3 is 4.74 Å². The summed E-state index contributed by atoms with van der Waals surface area (Å²) in [5, 5.41) is 0. The quantitative estimate of drug-likeness (QED) is 0.639. The SMILES string of the molecule is Cc1ccc2c(c1)[C@H]1CC[C@]2(C)OC1(C)C. The van der Waals surface area contributed by atoms with E-state index in [0.717, 1.165) is 6.42 Å². The van der Waals surface area contributed by atoms with E-state index < -0.39 is 0 Å². The number of benzene rings is 1. The van der Waals surface area contributed by atoms with E-state index in [1.165, 1.54) is 23.1 Å². The molecule has 0 saturated carbocycles. The average molecular weight is 216 g/mol. The van der Waals surface area contributed by atoms with Crippen molar-refractivity contribution in [2.24, 2.45) is 0 Å². The van der Waals surface area contributed by atoms with Crippen molar-refractivity contribution in [2.75, 3.05) is 0 Å². The van der Waals surface area contributed by atoms with Crippen LogP contribution in [0.15, 0.2) is 18.2 Å². The van der Waals surface area contributed by atoms with Crippen LogP contribution in [0, 0.1) is 6.92 Å². The van der Waals surface area contributed by atoms with Crippen LogP contribution in [0.4, 0.5) is 0 Å². The van der Waals surface area contributed by atoms with Gasteiger partial charge in [-0.15, -0.1) is 0 Å². The maximum Gasteiger partial charge on any atom is 0.0913 e. The van der Waals surface area contributed by atoms with Crippen LogP contribution < -0.4 is 0 Å². The number of rotatable bonds is 0. The molecule has 2 heterocycles. The second-order valence-corrected chi connectivity index (χ2v) is 6.12. The highest BCUT2D eigenvalue weighted by molar-refractivity contribution is 5.43. The fourth-order valence-corrected chi connectivity index (χ4v) is 3.64. The molecule has 1 fully saturated rings. The van der Waals surface area contributed by atoms with Gasteiger partial charge in [-0.1, -0.05) is 23.8 Å². The minimum atomic E-state index is -0.0543. The summed E-state index contributed by atoms with van der Waals surface area (Å²) in [7, 11) is 0. The largest absolute Gasteiger partial charge is 0.364 e. The van der Waals surface area contributed by atoms with Crippen LogP contribution in [0.5, 0.6) is 0 Å². The molecule has 2 aliphatic heterocycles. The van der Waals surface area contributed by atoms with Gasteiger partial charge in [0.05, 0.1) is 11.2 Å². The van der Waals surface area contributed by atoms with Crippen LogP contribution in [-0.4, -0.2) is 5.60 Å². The molecule has 1 aliphatic carbocycles. The lowest BCUT2D eigenvalue weighted by Gasteiger charge is -2.54. The van der Waals surface area contributed by atoms with Crippen molar-refractivity contribution in [3.8, 4) is 0 Å². The van der Waals surface area contributed by atoms with Crippen LogP contribution in [-0.2, 0) is 10.3 Å². The van der Waals surface area contributed by atoms with Gasteiger partial charge in [-0.3, -0.25) is 0 Å². The number of hydrogen-bond donors (Lipinski definition) is 0. The summed E-state index contributed by atoms with van der Waals surface area (Å²) in [4.78, 5) is 0. The Bertz CT molecular complexity index is 447. The molecule has 4 rings (SSSR count). The Hall–Kier alpha value is -0.820. The fourth-order valence-electron chi connectivity index (χ4n) is 3.64. The van der Waals surface area contributed by atoms with Crippen molar-refractivity contribution >= 4 is 0 Å². The molecule has 1 nitrogen and oxygen atoms in total. The normalized spacial score (nSPS) is 34.9. The zero-order valence-electron chi connectivity index (χ0n) is 10.6. The highest BCUT2D eigenvalue weighted by Gasteiger charge is 2.51. The number of fused-ring (bicyclic) bond motifs is 2. The summed E-state index contributed by atoms with van der Waals surface area (Å²) >= 11 is 0. The molecule has 0 aromatic heterocycles. The molecule has 3 aliphatic rings. The molecule has 0 spiro atoms. The van der Waals surface area contributed by atoms with E-state index >= 15 is 0 Å². The van der Waals surface area contributed by atoms with Gasteiger partial charge in [-0.05, 0) is 51.7 Å². The molecule has 0 amide bonds. The Morgan fingerprint density at radius 3 is 2.69 bits per heavy atom. The van der Waals surface area contributed by atoms with Crippen molar-refractivity contribution < 1.29 is 4.74 Å². The average Bonchev–Trinajstić information content (AvgIpc) is 2.14. The van der Waals surface area contributed by atoms with E-state index in [-0.39, 0.29) is 11.2 Å². The van der Waals surface area contributed by atoms with Crippen molar-refractivity contribution in [3.05, 3.63) is 34.9 Å². The molecule has 0 N–H and O–H groups in total. The number of ether oxygens (including phenoxy) is 1. The van der Waals surface area contributed by atoms with Gasteiger partial charge in [0.25, 0.3) is 0 Å². The summed E-state index contributed by atoms with van der Waals surface area (Å²) in [6.07, 6.45) is 2.43. The minimum Gasteiger partial charge on any atom is -0.364 e. The van der Waals surface area contributed by atoms with Crippen molar-refractivity contribution in [1.29, 1.82) is 0 Å². The topological polar surface area (TPSA) is 9.23 Å². The third-order valence-corrected chi connectivity index (χ3v) is 4.39. The highest BCUT2D eigenvalue weighted by Crippen LogP contribution is 2.56. The molecule has 1 aromatic rings. The van der Waals surface area contributed by atoms with E-state index in [9.17, 15) is 0 Å². The van der Waals surface area contributed by atoms with Gasteiger partial charge in [0.15, 0.2) is 0 Å². The Labute approximate surface area is 97.8 Å². The first-order chi connectivity index (χ1) is 7.42. The molecule has 1 heteroatoms. The van der Waals surface area contributed by atoms with E-state index in [1.54, 1.807) is 0 Å². The fraction of sp³-hybridized carbons (Fsp3) is 0.600. The van der Waals surface area contributed by atoms with E-state index in [2.05, 4.69) is 45.9 Å². The Morgan fingerprint density at radius 2 is 2.00 bits per heavy atom. The van der Waals surface area contributed by atoms with Crippen LogP contribution in [0.2, 0.25) is 0 Å². The second kappa shape index (κ2) is 2.89. The van der Waals surface area contributed by atoms with Gasteiger partial charge in [0, 0.05) is 5.92 Å². The van der Waals surface area contributed by atoms with Gasteiger partial charge in [0.1, 0.15) is 0 Å². The van der Waals surface area contributed by atoms with E-state index in [1.807, 2.05) is 0 Å². The first-order valence-electron chi connectivity index (χ1n) is 6.24. The first-order valence-corrected chi connectivity index (χ1v) is 6.24. The molecule has 2 atom stereocenters. The molecule has 86 valence electrons. The first kappa shape index (κ1) is 10.3. The third-order valence-electron chi connectivity index (χ3n) is 4.39. The number of aryl methyl sites for hydroxylation is 1. The lowest BCUT2D eigenvalue weighted by molar-refractivity contribution is -0.195. The Kier molecular flexibility index (Phi) is 1.87. The zero-order chi connectivity index (χ0) is 11.6. The molecular weight excluding hydrogens is 196 g/mol. The maximum absolute atomic E-state index is 6.33. The Balaban J connectivity index is 2.24. The molecular formula is C15H20O. The summed E-state index contributed by atoms with van der Waals surface area (Å²) in [5.41, 5.74) is 4.26. The molecule has 1 saturated heterocycles. The Morgan fingerprint density at radius 1 is 1.25 bits per heavy atom.